The fourth-order valence-electron chi connectivity index (χ4n) is 2.56. The monoisotopic (exact) mass is 381 g/mol. The van der Waals surface area contributed by atoms with Gasteiger partial charge in [0.05, 0.1) is 12.2 Å². The Hall–Kier alpha value is -3.35. The molecule has 0 aliphatic heterocycles. The van der Waals surface area contributed by atoms with Gasteiger partial charge in [0.15, 0.2) is 5.69 Å². The third kappa shape index (κ3) is 4.88. The number of hydrogen-bond donors (Lipinski definition) is 1. The van der Waals surface area contributed by atoms with Gasteiger partial charge in [0, 0.05) is 11.1 Å². The van der Waals surface area contributed by atoms with Crippen LogP contribution in [0.1, 0.15) is 38.1 Å². The highest BCUT2D eigenvalue weighted by Crippen LogP contribution is 2.27. The number of carbonyl (C=O) groups excluding carboxylic acids is 1. The van der Waals surface area contributed by atoms with E-state index in [0.29, 0.717) is 17.0 Å². The molecule has 0 aliphatic carbocycles. The van der Waals surface area contributed by atoms with Crippen molar-refractivity contribution in [2.45, 2.75) is 39.9 Å². The zero-order chi connectivity index (χ0) is 20.1. The number of ether oxygens (including phenoxy) is 2. The van der Waals surface area contributed by atoms with Gasteiger partial charge in [0.2, 0.25) is 5.82 Å². The first-order chi connectivity index (χ1) is 13.4. The van der Waals surface area contributed by atoms with Crippen molar-refractivity contribution in [1.29, 1.82) is 0 Å². The number of benzene rings is 2. The standard InChI is InChI=1S/C21H23N3O4/c1-13(2)26-17-9-5-15(6-10-17)19-20(24-28-23-19)22-21(25)16-7-11-18(12-8-16)27-14(3)4/h5-14H,1-4H3,(H,22,24,25). The number of nitrogens with one attached hydrogen (secondary N) is 1. The SMILES string of the molecule is CC(C)Oc1ccc(C(=O)Nc2nonc2-c2ccc(OC(C)C)cc2)cc1. The Kier molecular flexibility index (Phi) is 5.93. The molecule has 1 N–H and O–H groups in total. The molecular weight excluding hydrogens is 358 g/mol. The summed E-state index contributed by atoms with van der Waals surface area (Å²) in [7, 11) is 0. The Morgan fingerprint density at radius 3 is 1.93 bits per heavy atom. The summed E-state index contributed by atoms with van der Waals surface area (Å²) < 4.78 is 16.0. The minimum Gasteiger partial charge on any atom is -0.491 e. The molecule has 0 aliphatic rings. The van der Waals surface area contributed by atoms with Crippen molar-refractivity contribution in [3.63, 3.8) is 0 Å². The lowest BCUT2D eigenvalue weighted by molar-refractivity contribution is 0.102. The van der Waals surface area contributed by atoms with Crippen LogP contribution >= 0.6 is 0 Å². The van der Waals surface area contributed by atoms with Gasteiger partial charge in [-0.05, 0) is 86.5 Å². The largest absolute Gasteiger partial charge is 0.491 e. The van der Waals surface area contributed by atoms with Crippen LogP contribution in [0, 0.1) is 0 Å². The average Bonchev–Trinajstić information content (AvgIpc) is 3.10. The van der Waals surface area contributed by atoms with Gasteiger partial charge in [-0.25, -0.2) is 4.63 Å². The van der Waals surface area contributed by atoms with Crippen LogP contribution in [0.15, 0.2) is 53.2 Å². The van der Waals surface area contributed by atoms with Gasteiger partial charge in [-0.3, -0.25) is 4.79 Å². The van der Waals surface area contributed by atoms with Gasteiger partial charge in [0.1, 0.15) is 11.5 Å². The maximum absolute atomic E-state index is 12.5. The van der Waals surface area contributed by atoms with Gasteiger partial charge in [-0.15, -0.1) is 0 Å². The molecule has 0 unspecified atom stereocenters. The molecular formula is C21H23N3O4. The molecule has 3 aromatic rings. The Balaban J connectivity index is 1.72. The average molecular weight is 381 g/mol. The van der Waals surface area contributed by atoms with Crippen LogP contribution in [0.5, 0.6) is 11.5 Å². The number of anilines is 1. The fourth-order valence-corrected chi connectivity index (χ4v) is 2.56. The summed E-state index contributed by atoms with van der Waals surface area (Å²) in [6.07, 6.45) is 0.160. The van der Waals surface area contributed by atoms with Gasteiger partial charge >= 0.3 is 0 Å². The number of carbonyl (C=O) groups is 1. The second kappa shape index (κ2) is 8.56. The first-order valence-corrected chi connectivity index (χ1v) is 9.10. The normalized spacial score (nSPS) is 10.9. The van der Waals surface area contributed by atoms with E-state index in [2.05, 4.69) is 15.6 Å². The summed E-state index contributed by atoms with van der Waals surface area (Å²) in [5.74, 6) is 1.40. The van der Waals surface area contributed by atoms with Crippen LogP contribution in [-0.2, 0) is 0 Å². The van der Waals surface area contributed by atoms with Crippen molar-refractivity contribution in [2.24, 2.45) is 0 Å². The molecule has 0 bridgehead atoms. The number of hydrogen-bond acceptors (Lipinski definition) is 6. The molecule has 7 nitrogen and oxygen atoms in total. The first-order valence-electron chi connectivity index (χ1n) is 9.10. The quantitative estimate of drug-likeness (QED) is 0.645. The molecule has 0 atom stereocenters. The molecule has 1 aromatic heterocycles. The predicted octanol–water partition coefficient (Wildman–Crippen LogP) is 4.56. The number of aromatic nitrogens is 2. The number of rotatable bonds is 7. The Morgan fingerprint density at radius 2 is 1.39 bits per heavy atom. The van der Waals surface area contributed by atoms with Crippen molar-refractivity contribution >= 4 is 11.7 Å². The highest BCUT2D eigenvalue weighted by Gasteiger charge is 2.16. The highest BCUT2D eigenvalue weighted by molar-refractivity contribution is 6.05. The summed E-state index contributed by atoms with van der Waals surface area (Å²) >= 11 is 0. The molecule has 146 valence electrons. The Bertz CT molecular complexity index is 916. The topological polar surface area (TPSA) is 86.5 Å². The maximum atomic E-state index is 12.5. The van der Waals surface area contributed by atoms with Crippen molar-refractivity contribution in [2.75, 3.05) is 5.32 Å². The molecule has 0 saturated heterocycles. The molecule has 28 heavy (non-hydrogen) atoms. The van der Waals surface area contributed by atoms with Crippen molar-refractivity contribution in [1.82, 2.24) is 10.3 Å². The van der Waals surface area contributed by atoms with Crippen LogP contribution < -0.4 is 14.8 Å². The Labute approximate surface area is 163 Å². The van der Waals surface area contributed by atoms with E-state index in [1.165, 1.54) is 0 Å². The van der Waals surface area contributed by atoms with Gasteiger partial charge in [0.25, 0.3) is 5.91 Å². The summed E-state index contributed by atoms with van der Waals surface area (Å²) in [5, 5.41) is 10.5. The zero-order valence-electron chi connectivity index (χ0n) is 16.3. The van der Waals surface area contributed by atoms with E-state index in [-0.39, 0.29) is 23.9 Å². The van der Waals surface area contributed by atoms with E-state index in [9.17, 15) is 4.79 Å². The van der Waals surface area contributed by atoms with E-state index in [4.69, 9.17) is 14.1 Å². The molecule has 0 spiro atoms. The van der Waals surface area contributed by atoms with Crippen LogP contribution in [-0.4, -0.2) is 28.4 Å². The smallest absolute Gasteiger partial charge is 0.256 e. The van der Waals surface area contributed by atoms with E-state index in [0.717, 1.165) is 11.3 Å². The predicted molar refractivity (Wildman–Crippen MR) is 106 cm³/mol. The van der Waals surface area contributed by atoms with Gasteiger partial charge < -0.3 is 14.8 Å². The molecule has 1 heterocycles. The molecule has 3 rings (SSSR count). The minimum absolute atomic E-state index is 0.0702. The van der Waals surface area contributed by atoms with Gasteiger partial charge in [-0.2, -0.15) is 0 Å². The van der Waals surface area contributed by atoms with E-state index in [1.807, 2.05) is 52.0 Å². The van der Waals surface area contributed by atoms with Crippen molar-refractivity contribution in [3.05, 3.63) is 54.1 Å². The molecule has 7 heteroatoms. The number of nitrogens with zero attached hydrogens (tertiary/aromatic N) is 2. The lowest BCUT2D eigenvalue weighted by atomic mass is 10.1. The van der Waals surface area contributed by atoms with Gasteiger partial charge in [-0.1, -0.05) is 0 Å². The van der Waals surface area contributed by atoms with Crippen LogP contribution in [0.2, 0.25) is 0 Å². The van der Waals surface area contributed by atoms with E-state index < -0.39 is 0 Å². The molecule has 0 saturated carbocycles. The van der Waals surface area contributed by atoms with E-state index in [1.54, 1.807) is 24.3 Å². The highest BCUT2D eigenvalue weighted by atomic mass is 16.6. The summed E-state index contributed by atoms with van der Waals surface area (Å²) in [5.41, 5.74) is 1.68. The first kappa shape index (κ1) is 19.4. The van der Waals surface area contributed by atoms with Crippen molar-refractivity contribution in [3.8, 4) is 22.8 Å². The minimum atomic E-state index is -0.312. The Morgan fingerprint density at radius 1 is 0.857 bits per heavy atom. The van der Waals surface area contributed by atoms with Crippen LogP contribution in [0.3, 0.4) is 0 Å². The second-order valence-corrected chi connectivity index (χ2v) is 6.80. The fraction of sp³-hybridized carbons (Fsp3) is 0.286. The lowest BCUT2D eigenvalue weighted by Crippen LogP contribution is -2.13. The summed E-state index contributed by atoms with van der Waals surface area (Å²) in [6, 6.07) is 14.2. The maximum Gasteiger partial charge on any atom is 0.256 e. The second-order valence-electron chi connectivity index (χ2n) is 6.80. The summed E-state index contributed by atoms with van der Waals surface area (Å²) in [4.78, 5) is 12.5. The van der Waals surface area contributed by atoms with E-state index >= 15 is 0 Å². The zero-order valence-corrected chi connectivity index (χ0v) is 16.3. The van der Waals surface area contributed by atoms with Crippen LogP contribution in [0.25, 0.3) is 11.3 Å². The van der Waals surface area contributed by atoms with Crippen LogP contribution in [0.4, 0.5) is 5.82 Å². The lowest BCUT2D eigenvalue weighted by Gasteiger charge is -2.10. The third-order valence-electron chi connectivity index (χ3n) is 3.71. The molecule has 0 fully saturated rings. The molecule has 1 amide bonds. The summed E-state index contributed by atoms with van der Waals surface area (Å²) in [6.45, 7) is 7.82. The van der Waals surface area contributed by atoms with Crippen molar-refractivity contribution < 1.29 is 18.9 Å². The molecule has 0 radical (unpaired) electrons. The molecule has 2 aromatic carbocycles. The third-order valence-corrected chi connectivity index (χ3v) is 3.71. The number of amides is 1.